The van der Waals surface area contributed by atoms with Gasteiger partial charge < -0.3 is 20.5 Å². The molecule has 27 heavy (non-hydrogen) atoms. The van der Waals surface area contributed by atoms with Crippen molar-refractivity contribution in [2.24, 2.45) is 10.7 Å². The number of amides is 2. The summed E-state index contributed by atoms with van der Waals surface area (Å²) in [6, 6.07) is 16.1. The van der Waals surface area contributed by atoms with Crippen molar-refractivity contribution in [3.05, 3.63) is 60.2 Å². The van der Waals surface area contributed by atoms with Crippen molar-refractivity contribution in [3.8, 4) is 5.75 Å². The SMILES string of the molecule is NC1=NC(=O)C(C2(O)C(=O)N(CCOc3ccccc3)c3ccccc32)S1. The number of nitrogens with zero attached hydrogens (tertiary/aromatic N) is 2. The van der Waals surface area contributed by atoms with E-state index in [0.29, 0.717) is 17.0 Å². The number of amidine groups is 1. The van der Waals surface area contributed by atoms with Crippen LogP contribution in [0.15, 0.2) is 59.6 Å². The molecular weight excluding hydrogens is 366 g/mol. The predicted molar refractivity (Wildman–Crippen MR) is 103 cm³/mol. The lowest BCUT2D eigenvalue weighted by molar-refractivity contribution is -0.140. The Hall–Kier alpha value is -2.84. The van der Waals surface area contributed by atoms with Crippen LogP contribution in [0, 0.1) is 0 Å². The summed E-state index contributed by atoms with van der Waals surface area (Å²) < 4.78 is 5.67. The Kier molecular flexibility index (Phi) is 4.37. The summed E-state index contributed by atoms with van der Waals surface area (Å²) in [5.41, 5.74) is 4.55. The Morgan fingerprint density at radius 2 is 1.85 bits per heavy atom. The Labute approximate surface area is 159 Å². The van der Waals surface area contributed by atoms with Crippen molar-refractivity contribution < 1.29 is 19.4 Å². The Balaban J connectivity index is 1.59. The molecule has 2 unspecified atom stereocenters. The third-order valence-electron chi connectivity index (χ3n) is 4.57. The van der Waals surface area contributed by atoms with Gasteiger partial charge in [-0.25, -0.2) is 0 Å². The molecule has 7 nitrogen and oxygen atoms in total. The number of ether oxygens (including phenoxy) is 1. The van der Waals surface area contributed by atoms with Crippen molar-refractivity contribution in [1.29, 1.82) is 0 Å². The van der Waals surface area contributed by atoms with Crippen molar-refractivity contribution in [3.63, 3.8) is 0 Å². The molecular formula is C19H17N3O4S. The van der Waals surface area contributed by atoms with Gasteiger partial charge in [-0.2, -0.15) is 4.99 Å². The summed E-state index contributed by atoms with van der Waals surface area (Å²) in [5, 5.41) is 10.2. The minimum Gasteiger partial charge on any atom is -0.492 e. The van der Waals surface area contributed by atoms with Crippen LogP contribution in [0.2, 0.25) is 0 Å². The van der Waals surface area contributed by atoms with E-state index < -0.39 is 22.7 Å². The molecule has 2 amide bonds. The van der Waals surface area contributed by atoms with Crippen LogP contribution < -0.4 is 15.4 Å². The molecule has 0 aromatic heterocycles. The lowest BCUT2D eigenvalue weighted by Crippen LogP contribution is -2.50. The molecule has 2 aliphatic heterocycles. The van der Waals surface area contributed by atoms with Gasteiger partial charge in [0.1, 0.15) is 17.6 Å². The lowest BCUT2D eigenvalue weighted by Gasteiger charge is -2.26. The number of para-hydroxylation sites is 2. The summed E-state index contributed by atoms with van der Waals surface area (Å²) >= 11 is 0.909. The van der Waals surface area contributed by atoms with Gasteiger partial charge in [0.05, 0.1) is 12.2 Å². The lowest BCUT2D eigenvalue weighted by atomic mass is 9.91. The molecule has 0 spiro atoms. The average molecular weight is 383 g/mol. The van der Waals surface area contributed by atoms with E-state index in [-0.39, 0.29) is 18.3 Å². The fraction of sp³-hybridized carbons (Fsp3) is 0.211. The standard InChI is InChI=1S/C19H17N3O4S/c20-18-21-16(23)15(27-18)19(25)13-8-4-5-9-14(13)22(17(19)24)10-11-26-12-6-2-1-3-7-12/h1-9,15,25H,10-11H2,(H2,20,21,23). The topological polar surface area (TPSA) is 105 Å². The van der Waals surface area contributed by atoms with Crippen LogP contribution in [-0.2, 0) is 15.2 Å². The minimum atomic E-state index is -2.00. The average Bonchev–Trinajstić information content (AvgIpc) is 3.13. The van der Waals surface area contributed by atoms with Crippen molar-refractivity contribution >= 4 is 34.4 Å². The molecule has 0 saturated carbocycles. The van der Waals surface area contributed by atoms with E-state index in [9.17, 15) is 14.7 Å². The first-order valence-corrected chi connectivity index (χ1v) is 9.26. The smallest absolute Gasteiger partial charge is 0.265 e. The van der Waals surface area contributed by atoms with Crippen molar-refractivity contribution in [1.82, 2.24) is 0 Å². The number of thioether (sulfide) groups is 1. The van der Waals surface area contributed by atoms with Crippen LogP contribution >= 0.6 is 11.8 Å². The number of benzene rings is 2. The molecule has 0 radical (unpaired) electrons. The number of anilines is 1. The zero-order valence-corrected chi connectivity index (χ0v) is 15.1. The van der Waals surface area contributed by atoms with Gasteiger partial charge in [-0.05, 0) is 18.2 Å². The highest BCUT2D eigenvalue weighted by molar-refractivity contribution is 8.15. The molecule has 4 rings (SSSR count). The molecule has 2 aliphatic rings. The molecule has 8 heteroatoms. The van der Waals surface area contributed by atoms with Gasteiger partial charge in [0, 0.05) is 5.56 Å². The third-order valence-corrected chi connectivity index (χ3v) is 5.68. The zero-order valence-electron chi connectivity index (χ0n) is 14.2. The van der Waals surface area contributed by atoms with Gasteiger partial charge in [0.15, 0.2) is 10.8 Å². The number of aliphatic imine (C=N–C) groups is 1. The number of carbonyl (C=O) groups excluding carboxylic acids is 2. The van der Waals surface area contributed by atoms with Crippen LogP contribution in [0.4, 0.5) is 5.69 Å². The molecule has 0 bridgehead atoms. The molecule has 0 fully saturated rings. The Bertz CT molecular complexity index is 934. The quantitative estimate of drug-likeness (QED) is 0.805. The molecule has 3 N–H and O–H groups in total. The molecule has 2 aromatic carbocycles. The normalized spacial score (nSPS) is 24.1. The van der Waals surface area contributed by atoms with E-state index in [1.54, 1.807) is 24.3 Å². The van der Waals surface area contributed by atoms with Gasteiger partial charge >= 0.3 is 0 Å². The van der Waals surface area contributed by atoms with Crippen LogP contribution in [0.1, 0.15) is 5.56 Å². The van der Waals surface area contributed by atoms with Crippen LogP contribution in [-0.4, -0.2) is 40.5 Å². The predicted octanol–water partition coefficient (Wildman–Crippen LogP) is 1.26. The monoisotopic (exact) mass is 383 g/mol. The second-order valence-electron chi connectivity index (χ2n) is 6.19. The van der Waals surface area contributed by atoms with E-state index in [0.717, 1.165) is 11.8 Å². The third kappa shape index (κ3) is 2.87. The van der Waals surface area contributed by atoms with Crippen molar-refractivity contribution in [2.45, 2.75) is 10.9 Å². The van der Waals surface area contributed by atoms with Crippen LogP contribution in [0.5, 0.6) is 5.75 Å². The van der Waals surface area contributed by atoms with Crippen molar-refractivity contribution in [2.75, 3.05) is 18.1 Å². The minimum absolute atomic E-state index is 0.0505. The number of nitrogens with two attached hydrogens (primary N) is 1. The Morgan fingerprint density at radius 1 is 1.15 bits per heavy atom. The molecule has 0 saturated heterocycles. The van der Waals surface area contributed by atoms with Gasteiger partial charge in [-0.1, -0.05) is 48.2 Å². The molecule has 2 heterocycles. The molecule has 2 atom stereocenters. The van der Waals surface area contributed by atoms with E-state index in [1.807, 2.05) is 30.3 Å². The highest BCUT2D eigenvalue weighted by Crippen LogP contribution is 2.47. The molecule has 138 valence electrons. The number of hydrogen-bond donors (Lipinski definition) is 2. The highest BCUT2D eigenvalue weighted by Gasteiger charge is 2.59. The van der Waals surface area contributed by atoms with E-state index in [2.05, 4.69) is 4.99 Å². The highest BCUT2D eigenvalue weighted by atomic mass is 32.2. The van der Waals surface area contributed by atoms with E-state index in [4.69, 9.17) is 10.5 Å². The summed E-state index contributed by atoms with van der Waals surface area (Å²) in [4.78, 5) is 30.4. The zero-order chi connectivity index (χ0) is 19.0. The number of carbonyl (C=O) groups is 2. The number of hydrogen-bond acceptors (Lipinski definition) is 6. The van der Waals surface area contributed by atoms with Gasteiger partial charge in [-0.3, -0.25) is 9.59 Å². The van der Waals surface area contributed by atoms with Crippen LogP contribution in [0.3, 0.4) is 0 Å². The van der Waals surface area contributed by atoms with Gasteiger partial charge in [0.25, 0.3) is 11.8 Å². The van der Waals surface area contributed by atoms with Crippen LogP contribution in [0.25, 0.3) is 0 Å². The first-order valence-electron chi connectivity index (χ1n) is 8.38. The fourth-order valence-electron chi connectivity index (χ4n) is 3.34. The number of fused-ring (bicyclic) bond motifs is 1. The fourth-order valence-corrected chi connectivity index (χ4v) is 4.27. The Morgan fingerprint density at radius 3 is 2.56 bits per heavy atom. The molecule has 0 aliphatic carbocycles. The largest absolute Gasteiger partial charge is 0.492 e. The maximum Gasteiger partial charge on any atom is 0.265 e. The summed E-state index contributed by atoms with van der Waals surface area (Å²) in [6.07, 6.45) is 0. The van der Waals surface area contributed by atoms with Gasteiger partial charge in [0.2, 0.25) is 0 Å². The van der Waals surface area contributed by atoms with Gasteiger partial charge in [-0.15, -0.1) is 0 Å². The summed E-state index contributed by atoms with van der Waals surface area (Å²) in [6.45, 7) is 0.472. The summed E-state index contributed by atoms with van der Waals surface area (Å²) in [5.74, 6) is -0.489. The maximum atomic E-state index is 13.1. The maximum absolute atomic E-state index is 13.1. The molecule has 2 aromatic rings. The summed E-state index contributed by atoms with van der Waals surface area (Å²) in [7, 11) is 0. The second-order valence-corrected chi connectivity index (χ2v) is 7.31. The van der Waals surface area contributed by atoms with E-state index >= 15 is 0 Å². The first-order chi connectivity index (χ1) is 13.0. The number of aliphatic hydroxyl groups is 1. The van der Waals surface area contributed by atoms with E-state index in [1.165, 1.54) is 4.90 Å². The second kappa shape index (κ2) is 6.71. The number of rotatable bonds is 5. The first kappa shape index (κ1) is 17.6.